The monoisotopic (exact) mass is 318 g/mol. The number of carbonyl (C=O) groups is 1. The normalized spacial score (nSPS) is 18.0. The summed E-state index contributed by atoms with van der Waals surface area (Å²) in [5.41, 5.74) is 2.51. The maximum atomic E-state index is 12.3. The van der Waals surface area contributed by atoms with Crippen molar-refractivity contribution in [1.82, 2.24) is 10.2 Å². The standard InChI is InChI=1S/C19H30N2O2/c1-15-8-9-18(12-16(15)2)23-11-5-7-19(22)21-10-4-6-17(14-21)13-20-3/h8-9,12,17,20H,4-7,10-11,13-14H2,1-3H3. The van der Waals surface area contributed by atoms with Crippen molar-refractivity contribution in [3.8, 4) is 5.75 Å². The van der Waals surface area contributed by atoms with Crippen molar-refractivity contribution in [2.24, 2.45) is 5.92 Å². The van der Waals surface area contributed by atoms with Gasteiger partial charge in [-0.3, -0.25) is 4.79 Å². The summed E-state index contributed by atoms with van der Waals surface area (Å²) in [6.07, 6.45) is 3.70. The van der Waals surface area contributed by atoms with Crippen molar-refractivity contribution in [2.45, 2.75) is 39.5 Å². The van der Waals surface area contributed by atoms with Crippen LogP contribution in [0.4, 0.5) is 0 Å². The first-order valence-electron chi connectivity index (χ1n) is 8.72. The average Bonchev–Trinajstić information content (AvgIpc) is 2.55. The van der Waals surface area contributed by atoms with E-state index < -0.39 is 0 Å². The first-order valence-corrected chi connectivity index (χ1v) is 8.72. The van der Waals surface area contributed by atoms with Crippen LogP contribution in [-0.2, 0) is 4.79 Å². The molecule has 4 nitrogen and oxygen atoms in total. The van der Waals surface area contributed by atoms with Gasteiger partial charge in [-0.1, -0.05) is 6.07 Å². The first kappa shape index (κ1) is 17.8. The molecule has 0 bridgehead atoms. The Morgan fingerprint density at radius 3 is 2.91 bits per heavy atom. The Morgan fingerprint density at radius 2 is 2.17 bits per heavy atom. The number of amides is 1. The molecule has 1 atom stereocenters. The minimum atomic E-state index is 0.273. The van der Waals surface area contributed by atoms with Crippen LogP contribution in [-0.4, -0.2) is 44.1 Å². The minimum absolute atomic E-state index is 0.273. The second kappa shape index (κ2) is 8.92. The van der Waals surface area contributed by atoms with Gasteiger partial charge in [0.15, 0.2) is 0 Å². The van der Waals surface area contributed by atoms with Crippen LogP contribution in [0.25, 0.3) is 0 Å². The molecule has 1 N–H and O–H groups in total. The number of hydrogen-bond acceptors (Lipinski definition) is 3. The van der Waals surface area contributed by atoms with E-state index in [1.807, 2.05) is 18.0 Å². The Labute approximate surface area is 140 Å². The van der Waals surface area contributed by atoms with Gasteiger partial charge >= 0.3 is 0 Å². The van der Waals surface area contributed by atoms with E-state index >= 15 is 0 Å². The van der Waals surface area contributed by atoms with Crippen LogP contribution in [0.3, 0.4) is 0 Å². The number of ether oxygens (including phenoxy) is 1. The van der Waals surface area contributed by atoms with Gasteiger partial charge < -0.3 is 15.0 Å². The summed E-state index contributed by atoms with van der Waals surface area (Å²) in [6, 6.07) is 6.13. The van der Waals surface area contributed by atoms with Gasteiger partial charge in [0.25, 0.3) is 0 Å². The molecule has 1 aliphatic heterocycles. The molecule has 1 saturated heterocycles. The zero-order valence-corrected chi connectivity index (χ0v) is 14.7. The van der Waals surface area contributed by atoms with Crippen LogP contribution in [0.5, 0.6) is 5.75 Å². The Balaban J connectivity index is 1.69. The van der Waals surface area contributed by atoms with Gasteiger partial charge in [-0.25, -0.2) is 0 Å². The molecule has 1 aromatic carbocycles. The van der Waals surface area contributed by atoms with Gasteiger partial charge in [-0.05, 0) is 75.9 Å². The molecular formula is C19H30N2O2. The maximum absolute atomic E-state index is 12.3. The van der Waals surface area contributed by atoms with Gasteiger partial charge in [0.1, 0.15) is 5.75 Å². The zero-order chi connectivity index (χ0) is 16.7. The van der Waals surface area contributed by atoms with E-state index in [0.717, 1.165) is 38.2 Å². The van der Waals surface area contributed by atoms with Gasteiger partial charge in [-0.15, -0.1) is 0 Å². The summed E-state index contributed by atoms with van der Waals surface area (Å²) in [7, 11) is 1.98. The smallest absolute Gasteiger partial charge is 0.222 e. The molecular weight excluding hydrogens is 288 g/mol. The third-order valence-corrected chi connectivity index (χ3v) is 4.65. The molecule has 1 aliphatic rings. The SMILES string of the molecule is CNCC1CCCN(C(=O)CCCOc2ccc(C)c(C)c2)C1. The molecule has 0 aromatic heterocycles. The molecule has 1 fully saturated rings. The number of nitrogens with zero attached hydrogens (tertiary/aromatic N) is 1. The summed E-state index contributed by atoms with van der Waals surface area (Å²) in [6.45, 7) is 7.60. The molecule has 0 saturated carbocycles. The molecule has 0 spiro atoms. The van der Waals surface area contributed by atoms with Crippen LogP contribution >= 0.6 is 0 Å². The molecule has 1 unspecified atom stereocenters. The number of piperidine rings is 1. The van der Waals surface area contributed by atoms with Crippen molar-refractivity contribution in [3.05, 3.63) is 29.3 Å². The van der Waals surface area contributed by atoms with Crippen LogP contribution in [0.1, 0.15) is 36.8 Å². The van der Waals surface area contributed by atoms with Crippen molar-refractivity contribution in [2.75, 3.05) is 33.3 Å². The predicted octanol–water partition coefficient (Wildman–Crippen LogP) is 2.92. The second-order valence-electron chi connectivity index (χ2n) is 6.60. The highest BCUT2D eigenvalue weighted by molar-refractivity contribution is 5.76. The van der Waals surface area contributed by atoms with E-state index in [0.29, 0.717) is 18.9 Å². The van der Waals surface area contributed by atoms with E-state index in [2.05, 4.69) is 31.3 Å². The largest absolute Gasteiger partial charge is 0.494 e. The predicted molar refractivity (Wildman–Crippen MR) is 93.9 cm³/mol. The lowest BCUT2D eigenvalue weighted by Crippen LogP contribution is -2.42. The lowest BCUT2D eigenvalue weighted by atomic mass is 9.97. The van der Waals surface area contributed by atoms with Crippen molar-refractivity contribution >= 4 is 5.91 Å². The maximum Gasteiger partial charge on any atom is 0.222 e. The van der Waals surface area contributed by atoms with Gasteiger partial charge in [-0.2, -0.15) is 0 Å². The minimum Gasteiger partial charge on any atom is -0.494 e. The Bertz CT molecular complexity index is 514. The number of aryl methyl sites for hydroxylation is 2. The fraction of sp³-hybridized carbons (Fsp3) is 0.632. The van der Waals surface area contributed by atoms with Gasteiger partial charge in [0, 0.05) is 19.5 Å². The van der Waals surface area contributed by atoms with Gasteiger partial charge in [0.2, 0.25) is 5.91 Å². The number of rotatable bonds is 7. The number of hydrogen-bond donors (Lipinski definition) is 1. The Kier molecular flexibility index (Phi) is 6.90. The molecule has 1 aromatic rings. The third kappa shape index (κ3) is 5.54. The molecule has 4 heteroatoms. The van der Waals surface area contributed by atoms with Crippen LogP contribution in [0.15, 0.2) is 18.2 Å². The summed E-state index contributed by atoms with van der Waals surface area (Å²) in [4.78, 5) is 14.3. The zero-order valence-electron chi connectivity index (χ0n) is 14.7. The molecule has 1 heterocycles. The lowest BCUT2D eigenvalue weighted by molar-refractivity contribution is -0.133. The van der Waals surface area contributed by atoms with E-state index in [9.17, 15) is 4.79 Å². The van der Waals surface area contributed by atoms with Crippen LogP contribution < -0.4 is 10.1 Å². The molecule has 2 rings (SSSR count). The first-order chi connectivity index (χ1) is 11.1. The van der Waals surface area contributed by atoms with E-state index in [4.69, 9.17) is 4.74 Å². The fourth-order valence-electron chi connectivity index (χ4n) is 3.12. The quantitative estimate of drug-likeness (QED) is 0.786. The van der Waals surface area contributed by atoms with Crippen molar-refractivity contribution < 1.29 is 9.53 Å². The summed E-state index contributed by atoms with van der Waals surface area (Å²) in [5.74, 6) is 1.77. The van der Waals surface area contributed by atoms with E-state index in [1.165, 1.54) is 17.5 Å². The van der Waals surface area contributed by atoms with Crippen molar-refractivity contribution in [1.29, 1.82) is 0 Å². The molecule has 1 amide bonds. The fourth-order valence-corrected chi connectivity index (χ4v) is 3.12. The number of carbonyl (C=O) groups excluding carboxylic acids is 1. The van der Waals surface area contributed by atoms with Gasteiger partial charge in [0.05, 0.1) is 6.61 Å². The summed E-state index contributed by atoms with van der Waals surface area (Å²) in [5, 5.41) is 3.22. The highest BCUT2D eigenvalue weighted by Crippen LogP contribution is 2.18. The Morgan fingerprint density at radius 1 is 1.35 bits per heavy atom. The number of benzene rings is 1. The number of likely N-dealkylation sites (tertiary alicyclic amines) is 1. The van der Waals surface area contributed by atoms with Crippen LogP contribution in [0.2, 0.25) is 0 Å². The van der Waals surface area contributed by atoms with E-state index in [-0.39, 0.29) is 5.91 Å². The molecule has 128 valence electrons. The third-order valence-electron chi connectivity index (χ3n) is 4.65. The molecule has 23 heavy (non-hydrogen) atoms. The number of nitrogens with one attached hydrogen (secondary N) is 1. The highest BCUT2D eigenvalue weighted by Gasteiger charge is 2.22. The topological polar surface area (TPSA) is 41.6 Å². The van der Waals surface area contributed by atoms with Crippen LogP contribution in [0, 0.1) is 19.8 Å². The highest BCUT2D eigenvalue weighted by atomic mass is 16.5. The summed E-state index contributed by atoms with van der Waals surface area (Å²) < 4.78 is 5.76. The Hall–Kier alpha value is -1.55. The van der Waals surface area contributed by atoms with E-state index in [1.54, 1.807) is 0 Å². The average molecular weight is 318 g/mol. The lowest BCUT2D eigenvalue weighted by Gasteiger charge is -2.32. The second-order valence-corrected chi connectivity index (χ2v) is 6.60. The van der Waals surface area contributed by atoms with Crippen molar-refractivity contribution in [3.63, 3.8) is 0 Å². The molecule has 0 aliphatic carbocycles. The summed E-state index contributed by atoms with van der Waals surface area (Å²) >= 11 is 0. The molecule has 0 radical (unpaired) electrons.